The van der Waals surface area contributed by atoms with Crippen LogP contribution in [0.1, 0.15) is 82.6 Å². The maximum Gasteiger partial charge on any atom is 0.353 e. The summed E-state index contributed by atoms with van der Waals surface area (Å²) in [5.41, 5.74) is 1.70. The maximum absolute atomic E-state index is 14.4. The summed E-state index contributed by atoms with van der Waals surface area (Å²) in [6.07, 6.45) is 10.8. The van der Waals surface area contributed by atoms with E-state index in [-0.39, 0.29) is 35.0 Å². The summed E-state index contributed by atoms with van der Waals surface area (Å²) in [6, 6.07) is 2.64. The Hall–Kier alpha value is -3.87. The summed E-state index contributed by atoms with van der Waals surface area (Å²) in [7, 11) is 3.42. The van der Waals surface area contributed by atoms with Gasteiger partial charge in [-0.05, 0) is 111 Å². The van der Waals surface area contributed by atoms with Gasteiger partial charge in [0.25, 0.3) is 0 Å². The third kappa shape index (κ3) is 9.44. The largest absolute Gasteiger partial charge is 0.478 e. The van der Waals surface area contributed by atoms with E-state index in [1.807, 2.05) is 19.2 Å². The molecular weight excluding hydrogens is 769 g/mol. The zero-order chi connectivity index (χ0) is 41.6. The van der Waals surface area contributed by atoms with Gasteiger partial charge in [0.1, 0.15) is 17.7 Å². The van der Waals surface area contributed by atoms with Crippen LogP contribution in [-0.2, 0) is 35.1 Å². The molecule has 2 fully saturated rings. The lowest BCUT2D eigenvalue weighted by atomic mass is 9.59. The van der Waals surface area contributed by atoms with Crippen LogP contribution in [0.15, 0.2) is 47.0 Å². The Bertz CT molecular complexity index is 1760. The van der Waals surface area contributed by atoms with E-state index in [4.69, 9.17) is 4.74 Å². The fraction of sp³-hybridized carbons (Fsp3) is 0.659. The first-order valence-corrected chi connectivity index (χ1v) is 21.5. The molecule has 2 bridgehead atoms. The molecule has 1 spiro atoms. The molecule has 16 nitrogen and oxygen atoms in total. The van der Waals surface area contributed by atoms with E-state index in [0.29, 0.717) is 30.6 Å². The molecule has 6 aliphatic rings. The highest BCUT2D eigenvalue weighted by molar-refractivity contribution is 8.00. The van der Waals surface area contributed by atoms with E-state index >= 15 is 0 Å². The minimum Gasteiger partial charge on any atom is -0.478 e. The first-order valence-electron chi connectivity index (χ1n) is 20.5. The quantitative estimate of drug-likeness (QED) is 0.0582. The molecule has 1 aromatic rings. The van der Waals surface area contributed by atoms with Crippen molar-refractivity contribution in [1.29, 1.82) is 0 Å². The number of aliphatic carboxylic acids is 2. The van der Waals surface area contributed by atoms with Crippen molar-refractivity contribution in [2.45, 2.75) is 107 Å². The molecule has 318 valence electrons. The Morgan fingerprint density at radius 3 is 2.38 bits per heavy atom. The second-order valence-electron chi connectivity index (χ2n) is 16.6. The van der Waals surface area contributed by atoms with Crippen molar-refractivity contribution in [3.8, 4) is 0 Å². The molecule has 2 saturated carbocycles. The van der Waals surface area contributed by atoms with Crippen molar-refractivity contribution < 1.29 is 49.1 Å². The molecule has 9 N–H and O–H groups in total. The third-order valence-electron chi connectivity index (χ3n) is 13.1. The standard InChI is InChI=1S/C41H58N6O10S/c1-42-20-28-25(17-24-10-15-44-16-11-24)19-26-18-23-5-7-27(8-6-23)40(12-3-4-13-40)34(33-31(26)32(28)38(53)57-33)58-21-29(35(49)47-36(50)37(51)52)46-30(48)9-14-41(56,39(54)55)45-22-43-2/h10-11,15-16,23,26-27,29,32,34,36,42-43,45,50,56H,3-9,12-14,17-22H2,1-2H3,(H,46,48)(H,47,49)(H,51,52)(H,54,55)/t23?,26?,27?,29-,32+,34-,36-,41+/m0/s1. The number of fused-ring (bicyclic) bond motifs is 2. The number of nitrogens with one attached hydrogen (secondary N) is 5. The molecule has 6 atom stereocenters. The van der Waals surface area contributed by atoms with Crippen LogP contribution in [0.2, 0.25) is 0 Å². The summed E-state index contributed by atoms with van der Waals surface area (Å²) in [6.45, 7) is 0.451. The number of rotatable bonds is 18. The van der Waals surface area contributed by atoms with Crippen LogP contribution in [0.4, 0.5) is 0 Å². The topological polar surface area (TPSA) is 249 Å². The van der Waals surface area contributed by atoms with Crippen molar-refractivity contribution in [3.63, 3.8) is 0 Å². The molecule has 1 aliphatic heterocycles. The number of allylic oxidation sites excluding steroid dienone is 1. The summed E-state index contributed by atoms with van der Waals surface area (Å²) in [4.78, 5) is 69.1. The van der Waals surface area contributed by atoms with Gasteiger partial charge in [0.15, 0.2) is 0 Å². The SMILES string of the molecule is CNCN[C@@](O)(CCC(=O)N[C@@H](CS[C@H]1C2=C3C(CC(Cc4ccncc4)=C(CNC)[C@H]3C(=O)O2)CC2CCC(CC2)C12CCCC2)C(=O)N[C@@H](O)C(=O)O)C(=O)O. The fourth-order valence-corrected chi connectivity index (χ4v) is 12.0. The smallest absolute Gasteiger partial charge is 0.353 e. The number of aliphatic hydroxyl groups excluding tert-OH is 1. The molecule has 2 heterocycles. The Morgan fingerprint density at radius 1 is 1.03 bits per heavy atom. The highest BCUT2D eigenvalue weighted by Crippen LogP contribution is 2.62. The number of nitrogens with zero attached hydrogens (tertiary/aromatic N) is 1. The predicted molar refractivity (Wildman–Crippen MR) is 213 cm³/mol. The van der Waals surface area contributed by atoms with Crippen molar-refractivity contribution in [2.24, 2.45) is 29.1 Å². The number of aliphatic hydroxyl groups is 2. The van der Waals surface area contributed by atoms with E-state index in [2.05, 4.69) is 31.6 Å². The molecule has 7 rings (SSSR count). The summed E-state index contributed by atoms with van der Waals surface area (Å²) >= 11 is 1.41. The normalized spacial score (nSPS) is 27.0. The van der Waals surface area contributed by atoms with E-state index in [9.17, 15) is 44.4 Å². The number of hydrogen-bond donors (Lipinski definition) is 9. The molecule has 1 aromatic heterocycles. The minimum absolute atomic E-state index is 0.0631. The number of esters is 1. The molecule has 5 aliphatic carbocycles. The van der Waals surface area contributed by atoms with Crippen LogP contribution in [-0.4, -0.2) is 111 Å². The highest BCUT2D eigenvalue weighted by atomic mass is 32.2. The molecule has 17 heteroatoms. The average molecular weight is 827 g/mol. The highest BCUT2D eigenvalue weighted by Gasteiger charge is 2.56. The van der Waals surface area contributed by atoms with Gasteiger partial charge < -0.3 is 46.4 Å². The van der Waals surface area contributed by atoms with Gasteiger partial charge in [-0.3, -0.25) is 24.7 Å². The summed E-state index contributed by atoms with van der Waals surface area (Å²) in [5.74, 6) is -4.31. The van der Waals surface area contributed by atoms with Crippen LogP contribution < -0.4 is 26.6 Å². The number of aromatic nitrogens is 1. The minimum atomic E-state index is -2.44. The van der Waals surface area contributed by atoms with Crippen LogP contribution in [0.5, 0.6) is 0 Å². The number of carbonyl (C=O) groups is 5. The van der Waals surface area contributed by atoms with Crippen LogP contribution in [0, 0.1) is 29.1 Å². The molecule has 0 saturated heterocycles. The van der Waals surface area contributed by atoms with Gasteiger partial charge in [-0.25, -0.2) is 9.59 Å². The number of carbonyl (C=O) groups excluding carboxylic acids is 3. The first-order chi connectivity index (χ1) is 27.8. The van der Waals surface area contributed by atoms with Crippen molar-refractivity contribution >= 4 is 41.5 Å². The van der Waals surface area contributed by atoms with Crippen molar-refractivity contribution in [1.82, 2.24) is 31.6 Å². The zero-order valence-corrected chi connectivity index (χ0v) is 34.1. The van der Waals surface area contributed by atoms with E-state index in [1.54, 1.807) is 19.4 Å². The van der Waals surface area contributed by atoms with Gasteiger partial charge in [0.05, 0.1) is 5.25 Å². The molecule has 0 aromatic carbocycles. The Kier molecular flexibility index (Phi) is 14.3. The number of carboxylic acids is 2. The lowest BCUT2D eigenvalue weighted by Crippen LogP contribution is -2.56. The second kappa shape index (κ2) is 19.0. The zero-order valence-electron chi connectivity index (χ0n) is 33.3. The Labute approximate surface area is 342 Å². The van der Waals surface area contributed by atoms with Crippen molar-refractivity contribution in [3.05, 3.63) is 52.6 Å². The maximum atomic E-state index is 14.4. The third-order valence-corrected chi connectivity index (χ3v) is 14.6. The van der Waals surface area contributed by atoms with Crippen LogP contribution >= 0.6 is 11.8 Å². The molecule has 2 amide bonds. The van der Waals surface area contributed by atoms with Gasteiger partial charge in [-0.15, -0.1) is 11.8 Å². The van der Waals surface area contributed by atoms with Gasteiger partial charge in [-0.2, -0.15) is 0 Å². The number of likely N-dealkylation sites (N-methyl/N-ethyl adjacent to an activating group) is 1. The lowest BCUT2D eigenvalue weighted by Gasteiger charge is -2.49. The number of hydrogen-bond acceptors (Lipinski definition) is 13. The number of thioether (sulfide) groups is 1. The summed E-state index contributed by atoms with van der Waals surface area (Å²) < 4.78 is 6.54. The molecule has 0 radical (unpaired) electrons. The van der Waals surface area contributed by atoms with E-state index < -0.39 is 60.5 Å². The molecular formula is C41H58N6O10S. The number of pyridine rings is 1. The van der Waals surface area contributed by atoms with Gasteiger partial charge >= 0.3 is 17.9 Å². The van der Waals surface area contributed by atoms with Crippen LogP contribution in [0.3, 0.4) is 0 Å². The number of carboxylic acid groups (broad SMARTS) is 2. The van der Waals surface area contributed by atoms with Gasteiger partial charge in [0.2, 0.25) is 23.8 Å². The number of ether oxygens (including phenoxy) is 1. The molecule has 58 heavy (non-hydrogen) atoms. The Morgan fingerprint density at radius 2 is 1.74 bits per heavy atom. The van der Waals surface area contributed by atoms with E-state index in [0.717, 1.165) is 80.9 Å². The monoisotopic (exact) mass is 826 g/mol. The second-order valence-corrected chi connectivity index (χ2v) is 17.8. The Balaban J connectivity index is 1.37. The van der Waals surface area contributed by atoms with Gasteiger partial charge in [0, 0.05) is 44.2 Å². The average Bonchev–Trinajstić information content (AvgIpc) is 3.83. The summed E-state index contributed by atoms with van der Waals surface area (Å²) in [5, 5.41) is 52.6. The number of amides is 2. The van der Waals surface area contributed by atoms with E-state index in [1.165, 1.54) is 17.3 Å². The van der Waals surface area contributed by atoms with Crippen molar-refractivity contribution in [2.75, 3.05) is 33.1 Å². The molecule has 1 unspecified atom stereocenters. The van der Waals surface area contributed by atoms with Crippen LogP contribution in [0.25, 0.3) is 0 Å². The fourth-order valence-electron chi connectivity index (χ4n) is 10.3. The lowest BCUT2D eigenvalue weighted by molar-refractivity contribution is -0.164. The predicted octanol–water partition coefficient (Wildman–Crippen LogP) is 1.78. The first kappa shape index (κ1) is 43.7. The van der Waals surface area contributed by atoms with Gasteiger partial charge in [-0.1, -0.05) is 31.3 Å².